The van der Waals surface area contributed by atoms with Gasteiger partial charge in [-0.15, -0.1) is 0 Å². The second-order valence-electron chi connectivity index (χ2n) is 7.46. The number of carbonyl (C=O) groups excluding carboxylic acids is 1. The first-order chi connectivity index (χ1) is 11.7. The van der Waals surface area contributed by atoms with Crippen LogP contribution in [-0.2, 0) is 11.3 Å². The van der Waals surface area contributed by atoms with Crippen LogP contribution in [0.5, 0.6) is 0 Å². The Bertz CT molecular complexity index is 611. The zero-order valence-electron chi connectivity index (χ0n) is 16.8. The Morgan fingerprint density at radius 2 is 1.64 bits per heavy atom. The number of rotatable bonds is 4. The van der Waals surface area contributed by atoms with Crippen LogP contribution >= 0.6 is 0 Å². The first-order valence-corrected chi connectivity index (χ1v) is 9.07. The quantitative estimate of drug-likeness (QED) is 0.911. The van der Waals surface area contributed by atoms with E-state index < -0.39 is 0 Å². The summed E-state index contributed by atoms with van der Waals surface area (Å²) in [6.45, 7) is 14.1. The molecule has 2 amide bonds. The van der Waals surface area contributed by atoms with Gasteiger partial charge in [-0.3, -0.25) is 0 Å². The Hall–Kier alpha value is -1.59. The molecular formula is C20H33N3O2. The minimum atomic E-state index is 0.00161. The molecule has 0 saturated carbocycles. The van der Waals surface area contributed by atoms with Gasteiger partial charge in [0.15, 0.2) is 0 Å². The summed E-state index contributed by atoms with van der Waals surface area (Å²) in [4.78, 5) is 16.6. The molecule has 1 saturated heterocycles. The summed E-state index contributed by atoms with van der Waals surface area (Å²) in [7, 11) is 4.05. The van der Waals surface area contributed by atoms with E-state index in [1.165, 1.54) is 33.4 Å². The lowest BCUT2D eigenvalue weighted by Crippen LogP contribution is -2.51. The number of nitrogens with one attached hydrogen (secondary N) is 1. The molecule has 1 aromatic carbocycles. The molecule has 0 spiro atoms. The predicted molar refractivity (Wildman–Crippen MR) is 102 cm³/mol. The van der Waals surface area contributed by atoms with Gasteiger partial charge in [0.2, 0.25) is 0 Å². The predicted octanol–water partition coefficient (Wildman–Crippen LogP) is 2.70. The van der Waals surface area contributed by atoms with Gasteiger partial charge < -0.3 is 19.9 Å². The van der Waals surface area contributed by atoms with Crippen LogP contribution in [0.4, 0.5) is 4.79 Å². The molecule has 0 aromatic heterocycles. The highest BCUT2D eigenvalue weighted by atomic mass is 16.5. The first kappa shape index (κ1) is 19.7. The summed E-state index contributed by atoms with van der Waals surface area (Å²) in [6.07, 6.45) is 0.0850. The third-order valence-electron chi connectivity index (χ3n) is 5.57. The smallest absolute Gasteiger partial charge is 0.317 e. The average Bonchev–Trinajstić information content (AvgIpc) is 2.57. The van der Waals surface area contributed by atoms with E-state index in [0.29, 0.717) is 26.2 Å². The Labute approximate surface area is 152 Å². The molecule has 1 aliphatic heterocycles. The van der Waals surface area contributed by atoms with Crippen molar-refractivity contribution in [1.29, 1.82) is 0 Å². The molecular weight excluding hydrogens is 314 g/mol. The molecule has 0 aliphatic carbocycles. The van der Waals surface area contributed by atoms with E-state index in [0.717, 1.165) is 6.54 Å². The van der Waals surface area contributed by atoms with Gasteiger partial charge in [0.25, 0.3) is 0 Å². The van der Waals surface area contributed by atoms with Crippen LogP contribution < -0.4 is 5.32 Å². The lowest BCUT2D eigenvalue weighted by molar-refractivity contribution is -0.0246. The molecule has 1 fully saturated rings. The fourth-order valence-electron chi connectivity index (χ4n) is 3.54. The maximum Gasteiger partial charge on any atom is 0.317 e. The minimum absolute atomic E-state index is 0.00161. The van der Waals surface area contributed by atoms with Gasteiger partial charge in [0.05, 0.1) is 12.7 Å². The average molecular weight is 348 g/mol. The third kappa shape index (κ3) is 4.53. The molecule has 1 aliphatic rings. The topological polar surface area (TPSA) is 44.8 Å². The van der Waals surface area contributed by atoms with Gasteiger partial charge >= 0.3 is 6.03 Å². The van der Waals surface area contributed by atoms with Crippen LogP contribution in [0.3, 0.4) is 0 Å². The summed E-state index contributed by atoms with van der Waals surface area (Å²) in [5.74, 6) is 0. The SMILES string of the molecule is Cc1c(C)c(C)c(CNC(=O)N2CCO[C@@H](CN(C)C)C2)c(C)c1C. The summed E-state index contributed by atoms with van der Waals surface area (Å²) < 4.78 is 5.75. The molecule has 1 aromatic rings. The standard InChI is InChI=1S/C20H33N3O2/c1-13-14(2)16(4)19(17(5)15(13)3)10-21-20(24)23-8-9-25-18(12-23)11-22(6)7/h18H,8-12H2,1-7H3,(H,21,24)/t18-/m0/s1. The summed E-state index contributed by atoms with van der Waals surface area (Å²) in [6, 6.07) is 0.00161. The lowest BCUT2D eigenvalue weighted by Gasteiger charge is -2.34. The molecule has 5 nitrogen and oxygen atoms in total. The van der Waals surface area contributed by atoms with E-state index in [-0.39, 0.29) is 12.1 Å². The Kier molecular flexibility index (Phi) is 6.47. The van der Waals surface area contributed by atoms with Gasteiger partial charge in [0.1, 0.15) is 0 Å². The summed E-state index contributed by atoms with van der Waals surface area (Å²) in [5.41, 5.74) is 7.81. The number of benzene rings is 1. The highest BCUT2D eigenvalue weighted by Crippen LogP contribution is 2.25. The molecule has 140 valence electrons. The number of urea groups is 1. The van der Waals surface area contributed by atoms with E-state index in [1.54, 1.807) is 0 Å². The van der Waals surface area contributed by atoms with Crippen LogP contribution in [-0.4, -0.2) is 62.3 Å². The van der Waals surface area contributed by atoms with E-state index in [9.17, 15) is 4.79 Å². The van der Waals surface area contributed by atoms with Gasteiger partial charge in [-0.1, -0.05) is 0 Å². The van der Waals surface area contributed by atoms with Gasteiger partial charge in [0, 0.05) is 26.2 Å². The molecule has 0 unspecified atom stereocenters. The molecule has 1 atom stereocenters. The highest BCUT2D eigenvalue weighted by molar-refractivity contribution is 5.74. The minimum Gasteiger partial charge on any atom is -0.373 e. The van der Waals surface area contributed by atoms with Gasteiger partial charge in [-0.05, 0) is 82.1 Å². The number of nitrogens with zero attached hydrogens (tertiary/aromatic N) is 2. The number of hydrogen-bond acceptors (Lipinski definition) is 3. The van der Waals surface area contributed by atoms with Crippen LogP contribution in [0.2, 0.25) is 0 Å². The molecule has 0 bridgehead atoms. The Morgan fingerprint density at radius 3 is 2.20 bits per heavy atom. The molecule has 0 radical (unpaired) electrons. The number of carbonyl (C=O) groups is 1. The molecule has 5 heteroatoms. The van der Waals surface area contributed by atoms with E-state index in [1.807, 2.05) is 19.0 Å². The van der Waals surface area contributed by atoms with Crippen LogP contribution in [0.15, 0.2) is 0 Å². The van der Waals surface area contributed by atoms with Crippen molar-refractivity contribution in [2.75, 3.05) is 40.3 Å². The zero-order valence-corrected chi connectivity index (χ0v) is 16.8. The van der Waals surface area contributed by atoms with Crippen molar-refractivity contribution >= 4 is 6.03 Å². The van der Waals surface area contributed by atoms with Crippen molar-refractivity contribution in [3.63, 3.8) is 0 Å². The first-order valence-electron chi connectivity index (χ1n) is 9.07. The van der Waals surface area contributed by atoms with Crippen molar-refractivity contribution in [2.24, 2.45) is 0 Å². The number of ether oxygens (including phenoxy) is 1. The van der Waals surface area contributed by atoms with Crippen molar-refractivity contribution in [3.05, 3.63) is 33.4 Å². The van der Waals surface area contributed by atoms with Gasteiger partial charge in [-0.2, -0.15) is 0 Å². The third-order valence-corrected chi connectivity index (χ3v) is 5.57. The van der Waals surface area contributed by atoms with E-state index in [2.05, 4.69) is 44.8 Å². The zero-order chi connectivity index (χ0) is 18.7. The fraction of sp³-hybridized carbons (Fsp3) is 0.650. The number of hydrogen-bond donors (Lipinski definition) is 1. The van der Waals surface area contributed by atoms with Crippen LogP contribution in [0.1, 0.15) is 33.4 Å². The molecule has 1 heterocycles. The molecule has 25 heavy (non-hydrogen) atoms. The lowest BCUT2D eigenvalue weighted by atomic mass is 9.89. The van der Waals surface area contributed by atoms with E-state index in [4.69, 9.17) is 4.74 Å². The molecule has 2 rings (SSSR count). The van der Waals surface area contributed by atoms with Crippen LogP contribution in [0.25, 0.3) is 0 Å². The fourth-order valence-corrected chi connectivity index (χ4v) is 3.54. The monoisotopic (exact) mass is 347 g/mol. The number of amides is 2. The largest absolute Gasteiger partial charge is 0.373 e. The van der Waals surface area contributed by atoms with Crippen molar-refractivity contribution in [3.8, 4) is 0 Å². The number of likely N-dealkylation sites (N-methyl/N-ethyl adjacent to an activating group) is 1. The Balaban J connectivity index is 2.03. The second-order valence-corrected chi connectivity index (χ2v) is 7.46. The van der Waals surface area contributed by atoms with E-state index >= 15 is 0 Å². The van der Waals surface area contributed by atoms with Crippen molar-refractivity contribution in [1.82, 2.24) is 15.1 Å². The van der Waals surface area contributed by atoms with Crippen LogP contribution in [0, 0.1) is 34.6 Å². The summed E-state index contributed by atoms with van der Waals surface area (Å²) >= 11 is 0. The van der Waals surface area contributed by atoms with Gasteiger partial charge in [-0.25, -0.2) is 4.79 Å². The van der Waals surface area contributed by atoms with Crippen molar-refractivity contribution in [2.45, 2.75) is 47.3 Å². The molecule has 1 N–H and O–H groups in total. The highest BCUT2D eigenvalue weighted by Gasteiger charge is 2.24. The summed E-state index contributed by atoms with van der Waals surface area (Å²) in [5, 5.41) is 3.12. The maximum absolute atomic E-state index is 12.6. The van der Waals surface area contributed by atoms with Crippen molar-refractivity contribution < 1.29 is 9.53 Å². The normalized spacial score (nSPS) is 17.9. The number of morpholine rings is 1. The second kappa shape index (κ2) is 8.19. The Morgan fingerprint density at radius 1 is 1.08 bits per heavy atom. The maximum atomic E-state index is 12.6.